The van der Waals surface area contributed by atoms with Gasteiger partial charge in [-0.05, 0) is 18.2 Å². The highest BCUT2D eigenvalue weighted by molar-refractivity contribution is 5.94. The van der Waals surface area contributed by atoms with Crippen molar-refractivity contribution in [2.45, 2.75) is 0 Å². The predicted molar refractivity (Wildman–Crippen MR) is 55.5 cm³/mol. The monoisotopic (exact) mass is 196 g/mol. The van der Waals surface area contributed by atoms with E-state index in [1.807, 2.05) is 0 Å². The summed E-state index contributed by atoms with van der Waals surface area (Å²) in [5.41, 5.74) is 3.11. The maximum Gasteiger partial charge on any atom is 0.212 e. The molecule has 0 aliphatic carbocycles. The Kier molecular flexibility index (Phi) is 3.41. The lowest BCUT2D eigenvalue weighted by molar-refractivity contribution is 0.628. The Morgan fingerprint density at radius 2 is 2.29 bits per heavy atom. The molecule has 0 heterocycles. The van der Waals surface area contributed by atoms with E-state index in [2.05, 4.69) is 10.4 Å². The van der Waals surface area contributed by atoms with Crippen LogP contribution in [0.5, 0.6) is 0 Å². The third-order valence-corrected chi connectivity index (χ3v) is 1.85. The summed E-state index contributed by atoms with van der Waals surface area (Å²) in [7, 11) is 3.35. The molecule has 0 unspecified atom stereocenters. The Balaban J connectivity index is 2.94. The van der Waals surface area contributed by atoms with Crippen LogP contribution in [0.1, 0.15) is 0 Å². The number of guanidine groups is 1. The van der Waals surface area contributed by atoms with Gasteiger partial charge in [0.1, 0.15) is 5.82 Å². The van der Waals surface area contributed by atoms with Crippen molar-refractivity contribution in [3.63, 3.8) is 0 Å². The summed E-state index contributed by atoms with van der Waals surface area (Å²) in [6.07, 6.45) is 0. The minimum absolute atomic E-state index is 0.290. The molecule has 5 heteroatoms. The molecule has 76 valence electrons. The quantitative estimate of drug-likeness (QED) is 0.301. The van der Waals surface area contributed by atoms with Crippen LogP contribution in [0.2, 0.25) is 0 Å². The molecular weight excluding hydrogens is 183 g/mol. The maximum absolute atomic E-state index is 12.9. The number of benzene rings is 1. The second-order valence-corrected chi connectivity index (χ2v) is 2.73. The predicted octanol–water partition coefficient (Wildman–Crippen LogP) is 0.711. The van der Waals surface area contributed by atoms with E-state index in [9.17, 15) is 4.39 Å². The summed E-state index contributed by atoms with van der Waals surface area (Å²) in [6.45, 7) is 0. The van der Waals surface area contributed by atoms with Gasteiger partial charge in [0.15, 0.2) is 0 Å². The molecule has 1 aromatic carbocycles. The zero-order valence-electron chi connectivity index (χ0n) is 8.16. The third-order valence-electron chi connectivity index (χ3n) is 1.85. The normalized spacial score (nSPS) is 11.3. The van der Waals surface area contributed by atoms with Gasteiger partial charge in [0.05, 0.1) is 0 Å². The Hall–Kier alpha value is -1.62. The fourth-order valence-electron chi connectivity index (χ4n) is 1.12. The van der Waals surface area contributed by atoms with Crippen LogP contribution in [0, 0.1) is 5.82 Å². The van der Waals surface area contributed by atoms with E-state index in [1.54, 1.807) is 31.1 Å². The van der Waals surface area contributed by atoms with Crippen molar-refractivity contribution >= 4 is 11.6 Å². The molecule has 3 N–H and O–H groups in total. The molecule has 0 bridgehead atoms. The molecule has 0 radical (unpaired) electrons. The van der Waals surface area contributed by atoms with Crippen molar-refractivity contribution in [3.05, 3.63) is 30.1 Å². The van der Waals surface area contributed by atoms with Gasteiger partial charge >= 0.3 is 0 Å². The van der Waals surface area contributed by atoms with E-state index in [-0.39, 0.29) is 5.82 Å². The van der Waals surface area contributed by atoms with Crippen molar-refractivity contribution in [1.82, 2.24) is 5.43 Å². The number of nitrogens with zero attached hydrogens (tertiary/aromatic N) is 2. The minimum Gasteiger partial charge on any atom is -0.315 e. The molecule has 0 aliphatic heterocycles. The van der Waals surface area contributed by atoms with E-state index in [0.29, 0.717) is 11.6 Å². The van der Waals surface area contributed by atoms with Crippen LogP contribution >= 0.6 is 0 Å². The molecule has 0 fully saturated rings. The molecule has 1 aromatic rings. The van der Waals surface area contributed by atoms with Gasteiger partial charge < -0.3 is 4.90 Å². The molecule has 1 rings (SSSR count). The minimum atomic E-state index is -0.290. The Morgan fingerprint density at radius 1 is 1.57 bits per heavy atom. The zero-order valence-corrected chi connectivity index (χ0v) is 8.16. The Bertz CT molecular complexity index is 337. The van der Waals surface area contributed by atoms with E-state index in [1.165, 1.54) is 12.1 Å². The lowest BCUT2D eigenvalue weighted by Gasteiger charge is -2.19. The van der Waals surface area contributed by atoms with E-state index in [0.717, 1.165) is 0 Å². The first-order valence-corrected chi connectivity index (χ1v) is 4.11. The fraction of sp³-hybridized carbons (Fsp3) is 0.222. The first-order chi connectivity index (χ1) is 6.69. The number of nitrogens with one attached hydrogen (secondary N) is 1. The van der Waals surface area contributed by atoms with Crippen molar-refractivity contribution in [2.75, 3.05) is 19.0 Å². The van der Waals surface area contributed by atoms with Crippen LogP contribution in [0.3, 0.4) is 0 Å². The number of hydrogen-bond donors (Lipinski definition) is 2. The van der Waals surface area contributed by atoms with Gasteiger partial charge in [0.2, 0.25) is 5.96 Å². The number of aliphatic imine (C=N–C) groups is 1. The highest BCUT2D eigenvalue weighted by Crippen LogP contribution is 2.13. The molecule has 0 spiro atoms. The second kappa shape index (κ2) is 4.57. The van der Waals surface area contributed by atoms with Crippen molar-refractivity contribution in [1.29, 1.82) is 0 Å². The number of anilines is 1. The van der Waals surface area contributed by atoms with Gasteiger partial charge in [-0.25, -0.2) is 10.2 Å². The van der Waals surface area contributed by atoms with Gasteiger partial charge in [-0.2, -0.15) is 0 Å². The molecule has 0 saturated carbocycles. The number of halogens is 1. The van der Waals surface area contributed by atoms with Gasteiger partial charge in [0.25, 0.3) is 0 Å². The highest BCUT2D eigenvalue weighted by atomic mass is 19.1. The third kappa shape index (κ3) is 2.20. The standard InChI is InChI=1S/C9H13FN4/c1-12-9(13-11)14(2)8-5-3-4-7(10)6-8/h3-6H,11H2,1-2H3,(H,12,13). The molecule has 0 saturated heterocycles. The largest absolute Gasteiger partial charge is 0.315 e. The van der Waals surface area contributed by atoms with Gasteiger partial charge in [-0.1, -0.05) is 6.07 Å². The molecule has 0 aromatic heterocycles. The average molecular weight is 196 g/mol. The summed E-state index contributed by atoms with van der Waals surface area (Å²) >= 11 is 0. The number of hydrogen-bond acceptors (Lipinski definition) is 2. The zero-order chi connectivity index (χ0) is 10.6. The Labute approximate surface area is 82.2 Å². The first kappa shape index (κ1) is 10.5. The van der Waals surface area contributed by atoms with Crippen LogP contribution in [-0.4, -0.2) is 20.1 Å². The smallest absolute Gasteiger partial charge is 0.212 e. The SMILES string of the molecule is CN=C(NN)N(C)c1cccc(F)c1. The second-order valence-electron chi connectivity index (χ2n) is 2.73. The molecule has 4 nitrogen and oxygen atoms in total. The first-order valence-electron chi connectivity index (χ1n) is 4.11. The number of nitrogens with two attached hydrogens (primary N) is 1. The van der Waals surface area contributed by atoms with Crippen LogP contribution in [-0.2, 0) is 0 Å². The van der Waals surface area contributed by atoms with Gasteiger partial charge in [-0.15, -0.1) is 0 Å². The van der Waals surface area contributed by atoms with Crippen LogP contribution in [0.15, 0.2) is 29.3 Å². The van der Waals surface area contributed by atoms with Crippen LogP contribution in [0.4, 0.5) is 10.1 Å². The van der Waals surface area contributed by atoms with Gasteiger partial charge in [-0.3, -0.25) is 10.4 Å². The lowest BCUT2D eigenvalue weighted by Crippen LogP contribution is -2.42. The van der Waals surface area contributed by atoms with Gasteiger partial charge in [0, 0.05) is 19.8 Å². The van der Waals surface area contributed by atoms with E-state index < -0.39 is 0 Å². The topological polar surface area (TPSA) is 53.6 Å². The van der Waals surface area contributed by atoms with E-state index in [4.69, 9.17) is 5.84 Å². The van der Waals surface area contributed by atoms with Crippen molar-refractivity contribution in [3.8, 4) is 0 Å². The summed E-state index contributed by atoms with van der Waals surface area (Å²) in [4.78, 5) is 5.55. The van der Waals surface area contributed by atoms with Crippen molar-refractivity contribution < 1.29 is 4.39 Å². The summed E-state index contributed by atoms with van der Waals surface area (Å²) in [5, 5.41) is 0. The van der Waals surface area contributed by atoms with Crippen LogP contribution < -0.4 is 16.2 Å². The lowest BCUT2D eigenvalue weighted by atomic mass is 10.3. The molecule has 0 aliphatic rings. The summed E-state index contributed by atoms with van der Waals surface area (Å²) in [5.74, 6) is 5.42. The molecule has 14 heavy (non-hydrogen) atoms. The Morgan fingerprint density at radius 3 is 2.79 bits per heavy atom. The average Bonchev–Trinajstić information content (AvgIpc) is 2.19. The number of rotatable bonds is 1. The highest BCUT2D eigenvalue weighted by Gasteiger charge is 2.06. The van der Waals surface area contributed by atoms with Crippen molar-refractivity contribution in [2.24, 2.45) is 10.8 Å². The molecular formula is C9H13FN4. The fourth-order valence-corrected chi connectivity index (χ4v) is 1.12. The molecule has 0 amide bonds. The van der Waals surface area contributed by atoms with E-state index >= 15 is 0 Å². The maximum atomic E-state index is 12.9. The molecule has 0 atom stereocenters. The number of hydrazine groups is 1. The summed E-state index contributed by atoms with van der Waals surface area (Å²) in [6, 6.07) is 6.19. The summed E-state index contributed by atoms with van der Waals surface area (Å²) < 4.78 is 12.9. The van der Waals surface area contributed by atoms with Crippen LogP contribution in [0.25, 0.3) is 0 Å².